The van der Waals surface area contributed by atoms with Gasteiger partial charge in [0, 0.05) is 31.2 Å². The van der Waals surface area contributed by atoms with Gasteiger partial charge in [0.2, 0.25) is 5.91 Å². The fourth-order valence-corrected chi connectivity index (χ4v) is 2.70. The third kappa shape index (κ3) is 4.55. The first-order valence-corrected chi connectivity index (χ1v) is 8.15. The molecule has 5 heteroatoms. The Morgan fingerprint density at radius 3 is 2.54 bits per heavy atom. The third-order valence-corrected chi connectivity index (χ3v) is 4.01. The van der Waals surface area contributed by atoms with Crippen LogP contribution in [0.1, 0.15) is 22.7 Å². The molecule has 0 aliphatic heterocycles. The van der Waals surface area contributed by atoms with Gasteiger partial charge in [-0.15, -0.1) is 0 Å². The average molecular weight is 326 g/mol. The first-order chi connectivity index (χ1) is 11.5. The zero-order valence-electron chi connectivity index (χ0n) is 14.8. The van der Waals surface area contributed by atoms with E-state index in [-0.39, 0.29) is 11.9 Å². The maximum absolute atomic E-state index is 12.6. The summed E-state index contributed by atoms with van der Waals surface area (Å²) in [6.07, 6.45) is 3.58. The lowest BCUT2D eigenvalue weighted by Gasteiger charge is -2.25. The Balaban J connectivity index is 1.92. The van der Waals surface area contributed by atoms with Gasteiger partial charge in [0.05, 0.1) is 0 Å². The molecule has 0 saturated carbocycles. The van der Waals surface area contributed by atoms with Crippen molar-refractivity contribution in [3.05, 3.63) is 59.4 Å². The van der Waals surface area contributed by atoms with Crippen LogP contribution in [-0.4, -0.2) is 43.0 Å². The van der Waals surface area contributed by atoms with Crippen molar-refractivity contribution < 1.29 is 4.79 Å². The van der Waals surface area contributed by atoms with Crippen LogP contribution in [-0.2, 0) is 4.79 Å². The molecule has 1 heterocycles. The molecule has 1 aromatic carbocycles. The van der Waals surface area contributed by atoms with Crippen LogP contribution in [0.2, 0.25) is 0 Å². The number of anilines is 1. The summed E-state index contributed by atoms with van der Waals surface area (Å²) in [5, 5.41) is 6.34. The molecule has 2 rings (SSSR count). The normalized spacial score (nSPS) is 12.0. The largest absolute Gasteiger partial charge is 0.383 e. The monoisotopic (exact) mass is 326 g/mol. The summed E-state index contributed by atoms with van der Waals surface area (Å²) in [7, 11) is 3.85. The van der Waals surface area contributed by atoms with E-state index in [0.29, 0.717) is 13.1 Å². The summed E-state index contributed by atoms with van der Waals surface area (Å²) < 4.78 is 0. The number of carbonyl (C=O) groups excluding carboxylic acids is 1. The highest BCUT2D eigenvalue weighted by atomic mass is 16.2. The van der Waals surface area contributed by atoms with E-state index in [1.807, 2.05) is 69.4 Å². The summed E-state index contributed by atoms with van der Waals surface area (Å²) in [5.41, 5.74) is 4.30. The van der Waals surface area contributed by atoms with Crippen molar-refractivity contribution in [2.75, 3.05) is 32.5 Å². The SMILES string of the molecule is Cc1cnccc1NCCNC(=O)C(c1ccccc1C)N(C)C. The second-order valence-corrected chi connectivity index (χ2v) is 6.13. The molecule has 1 aromatic heterocycles. The van der Waals surface area contributed by atoms with E-state index in [0.717, 1.165) is 22.4 Å². The second-order valence-electron chi connectivity index (χ2n) is 6.13. The average Bonchev–Trinajstić information content (AvgIpc) is 2.55. The van der Waals surface area contributed by atoms with Crippen LogP contribution in [0.15, 0.2) is 42.7 Å². The van der Waals surface area contributed by atoms with Crippen molar-refractivity contribution in [2.45, 2.75) is 19.9 Å². The second kappa shape index (κ2) is 8.45. The van der Waals surface area contributed by atoms with Crippen LogP contribution in [0.5, 0.6) is 0 Å². The predicted octanol–water partition coefficient (Wildman–Crippen LogP) is 2.53. The lowest BCUT2D eigenvalue weighted by molar-refractivity contribution is -0.125. The topological polar surface area (TPSA) is 57.3 Å². The summed E-state index contributed by atoms with van der Waals surface area (Å²) in [4.78, 5) is 18.6. The number of pyridine rings is 1. The molecule has 2 N–H and O–H groups in total. The smallest absolute Gasteiger partial charge is 0.242 e. The van der Waals surface area contributed by atoms with Gasteiger partial charge in [-0.3, -0.25) is 14.7 Å². The van der Waals surface area contributed by atoms with Gasteiger partial charge < -0.3 is 10.6 Å². The van der Waals surface area contributed by atoms with Gasteiger partial charge in [-0.1, -0.05) is 24.3 Å². The number of nitrogens with zero attached hydrogens (tertiary/aromatic N) is 2. The number of aromatic nitrogens is 1. The van der Waals surface area contributed by atoms with E-state index in [4.69, 9.17) is 0 Å². The molecule has 0 aliphatic carbocycles. The number of aryl methyl sites for hydroxylation is 2. The molecular formula is C19H26N4O. The van der Waals surface area contributed by atoms with Crippen LogP contribution in [0, 0.1) is 13.8 Å². The number of rotatable bonds is 7. The molecule has 0 fully saturated rings. The van der Waals surface area contributed by atoms with Gasteiger partial charge in [0.1, 0.15) is 6.04 Å². The van der Waals surface area contributed by atoms with Crippen molar-refractivity contribution in [2.24, 2.45) is 0 Å². The number of amides is 1. The van der Waals surface area contributed by atoms with Gasteiger partial charge in [0.15, 0.2) is 0 Å². The molecule has 1 unspecified atom stereocenters. The third-order valence-electron chi connectivity index (χ3n) is 4.01. The van der Waals surface area contributed by atoms with Crippen molar-refractivity contribution in [3.8, 4) is 0 Å². The van der Waals surface area contributed by atoms with Crippen LogP contribution < -0.4 is 10.6 Å². The Bertz CT molecular complexity index is 685. The van der Waals surface area contributed by atoms with E-state index in [1.165, 1.54) is 0 Å². The quantitative estimate of drug-likeness (QED) is 0.768. The summed E-state index contributed by atoms with van der Waals surface area (Å²) in [5.74, 6) is 0.0163. The molecule has 0 saturated heterocycles. The fraction of sp³-hybridized carbons (Fsp3) is 0.368. The molecule has 5 nitrogen and oxygen atoms in total. The van der Waals surface area contributed by atoms with Gasteiger partial charge in [-0.25, -0.2) is 0 Å². The Hall–Kier alpha value is -2.40. The standard InChI is InChI=1S/C19H26N4O/c1-14-7-5-6-8-16(14)18(23(3)4)19(24)22-12-11-21-17-9-10-20-13-15(17)2/h5-10,13,18H,11-12H2,1-4H3,(H,20,21)(H,22,24). The molecule has 128 valence electrons. The minimum Gasteiger partial charge on any atom is -0.383 e. The number of carbonyl (C=O) groups is 1. The van der Waals surface area contributed by atoms with E-state index in [1.54, 1.807) is 6.20 Å². The van der Waals surface area contributed by atoms with E-state index in [2.05, 4.69) is 15.6 Å². The highest BCUT2D eigenvalue weighted by Gasteiger charge is 2.23. The highest BCUT2D eigenvalue weighted by Crippen LogP contribution is 2.21. The zero-order chi connectivity index (χ0) is 17.5. The Morgan fingerprint density at radius 2 is 1.88 bits per heavy atom. The number of likely N-dealkylation sites (N-methyl/N-ethyl adjacent to an activating group) is 1. The molecule has 0 radical (unpaired) electrons. The van der Waals surface area contributed by atoms with Gasteiger partial charge >= 0.3 is 0 Å². The molecule has 1 amide bonds. The fourth-order valence-electron chi connectivity index (χ4n) is 2.70. The molecular weight excluding hydrogens is 300 g/mol. The Kier molecular flexibility index (Phi) is 6.32. The minimum absolute atomic E-state index is 0.0163. The molecule has 24 heavy (non-hydrogen) atoms. The Morgan fingerprint density at radius 1 is 1.12 bits per heavy atom. The van der Waals surface area contributed by atoms with Crippen molar-refractivity contribution in [1.29, 1.82) is 0 Å². The van der Waals surface area contributed by atoms with Crippen molar-refractivity contribution in [3.63, 3.8) is 0 Å². The maximum Gasteiger partial charge on any atom is 0.242 e. The van der Waals surface area contributed by atoms with E-state index < -0.39 is 0 Å². The predicted molar refractivity (Wildman–Crippen MR) is 98.1 cm³/mol. The van der Waals surface area contributed by atoms with Gasteiger partial charge in [-0.05, 0) is 50.7 Å². The Labute approximate surface area is 144 Å². The van der Waals surface area contributed by atoms with Gasteiger partial charge in [-0.2, -0.15) is 0 Å². The highest BCUT2D eigenvalue weighted by molar-refractivity contribution is 5.83. The van der Waals surface area contributed by atoms with Crippen LogP contribution in [0.25, 0.3) is 0 Å². The number of benzene rings is 1. The van der Waals surface area contributed by atoms with Crippen LogP contribution in [0.4, 0.5) is 5.69 Å². The number of hydrogen-bond donors (Lipinski definition) is 2. The maximum atomic E-state index is 12.6. The molecule has 1 atom stereocenters. The molecule has 2 aromatic rings. The minimum atomic E-state index is -0.283. The first kappa shape index (κ1) is 17.9. The molecule has 0 spiro atoms. The van der Waals surface area contributed by atoms with Crippen LogP contribution in [0.3, 0.4) is 0 Å². The van der Waals surface area contributed by atoms with Gasteiger partial charge in [0.25, 0.3) is 0 Å². The number of hydrogen-bond acceptors (Lipinski definition) is 4. The molecule has 0 bridgehead atoms. The van der Waals surface area contributed by atoms with Crippen LogP contribution >= 0.6 is 0 Å². The van der Waals surface area contributed by atoms with E-state index >= 15 is 0 Å². The lowest BCUT2D eigenvalue weighted by atomic mass is 10.00. The van der Waals surface area contributed by atoms with Crippen molar-refractivity contribution in [1.82, 2.24) is 15.2 Å². The first-order valence-electron chi connectivity index (χ1n) is 8.15. The summed E-state index contributed by atoms with van der Waals surface area (Å²) in [6, 6.07) is 9.66. The summed E-state index contributed by atoms with van der Waals surface area (Å²) >= 11 is 0. The van der Waals surface area contributed by atoms with E-state index in [9.17, 15) is 4.79 Å². The molecule has 0 aliphatic rings. The number of nitrogens with one attached hydrogen (secondary N) is 2. The lowest BCUT2D eigenvalue weighted by Crippen LogP contribution is -2.39. The summed E-state index contributed by atoms with van der Waals surface area (Å²) in [6.45, 7) is 5.28. The van der Waals surface area contributed by atoms with Crippen molar-refractivity contribution >= 4 is 11.6 Å². The zero-order valence-corrected chi connectivity index (χ0v) is 14.8.